The molecule has 2 N–H and O–H groups in total. The highest BCUT2D eigenvalue weighted by Gasteiger charge is 1.76. The molecule has 0 atom stereocenters. The Balaban J connectivity index is 2.34. The molecule has 0 aromatic rings. The maximum atomic E-state index is 5.07. The van der Waals surface area contributed by atoms with E-state index in [1.165, 1.54) is 11.0 Å². The Labute approximate surface area is 49.7 Å². The first-order chi connectivity index (χ1) is 2.91. The summed E-state index contributed by atoms with van der Waals surface area (Å²) in [5.74, 6) is 1.13. The third kappa shape index (κ3) is 5.01. The summed E-state index contributed by atoms with van der Waals surface area (Å²) in [4.78, 5) is 0. The molecule has 0 rings (SSSR count). The number of hydrogen-bond acceptors (Lipinski definition) is 4. The second-order valence-electron chi connectivity index (χ2n) is 0.571. The minimum Gasteiger partial charge on any atom is -0.268 e. The maximum absolute atomic E-state index is 5.07. The summed E-state index contributed by atoms with van der Waals surface area (Å²) in [7, 11) is 4.69. The lowest BCUT2D eigenvalue weighted by atomic mass is 11.0. The lowest BCUT2D eigenvalue weighted by molar-refractivity contribution is 1.54. The molecular weight excluding hydrogens is 134 g/mol. The smallest absolute Gasteiger partial charge is 0.00171 e. The zero-order valence-corrected chi connectivity index (χ0v) is 5.96. The lowest BCUT2D eigenvalue weighted by Crippen LogP contribution is -1.65. The SMILES string of the molecule is CCSSSN. The molecule has 0 unspecified atom stereocenters. The van der Waals surface area contributed by atoms with Gasteiger partial charge < -0.3 is 0 Å². The molecule has 0 radical (unpaired) electrons. The standard InChI is InChI=1S/C2H7NS3/c1-2-4-6-5-3/h2-3H2,1H3. The zero-order chi connectivity index (χ0) is 4.83. The van der Waals surface area contributed by atoms with E-state index < -0.39 is 0 Å². The average Bonchev–Trinajstić information content (AvgIpc) is 1.61. The van der Waals surface area contributed by atoms with Gasteiger partial charge in [0.1, 0.15) is 0 Å². The first kappa shape index (κ1) is 7.01. The van der Waals surface area contributed by atoms with Gasteiger partial charge in [0.15, 0.2) is 0 Å². The Hall–Kier alpha value is 1.01. The number of hydrogen-bond donors (Lipinski definition) is 1. The molecule has 0 aliphatic carbocycles. The highest BCUT2D eigenvalue weighted by molar-refractivity contribution is 9.09. The van der Waals surface area contributed by atoms with Crippen LogP contribution in [0.15, 0.2) is 0 Å². The van der Waals surface area contributed by atoms with Crippen molar-refractivity contribution in [2.24, 2.45) is 5.14 Å². The van der Waals surface area contributed by atoms with Gasteiger partial charge in [-0.15, -0.1) is 0 Å². The van der Waals surface area contributed by atoms with Crippen LogP contribution in [-0.4, -0.2) is 5.75 Å². The zero-order valence-electron chi connectivity index (χ0n) is 3.51. The third-order valence-corrected chi connectivity index (χ3v) is 3.42. The van der Waals surface area contributed by atoms with Crippen LogP contribution >= 0.6 is 31.6 Å². The van der Waals surface area contributed by atoms with Gasteiger partial charge in [0.05, 0.1) is 0 Å². The van der Waals surface area contributed by atoms with Gasteiger partial charge in [-0.1, -0.05) is 17.7 Å². The average molecular weight is 141 g/mol. The highest BCUT2D eigenvalue weighted by Crippen LogP contribution is 2.28. The molecule has 4 heteroatoms. The van der Waals surface area contributed by atoms with Gasteiger partial charge in [-0.05, 0) is 20.8 Å². The Kier molecular flexibility index (Phi) is 7.02. The Morgan fingerprint density at radius 1 is 1.67 bits per heavy atom. The van der Waals surface area contributed by atoms with E-state index in [1.54, 1.807) is 20.6 Å². The lowest BCUT2D eigenvalue weighted by Gasteiger charge is -1.85. The quantitative estimate of drug-likeness (QED) is 0.369. The van der Waals surface area contributed by atoms with Gasteiger partial charge in [0.2, 0.25) is 0 Å². The Bertz CT molecular complexity index is 20.8. The van der Waals surface area contributed by atoms with E-state index in [0.717, 1.165) is 5.75 Å². The summed E-state index contributed by atoms with van der Waals surface area (Å²) in [6, 6.07) is 0. The second kappa shape index (κ2) is 6.01. The normalized spacial score (nSPS) is 9.00. The van der Waals surface area contributed by atoms with Crippen molar-refractivity contribution < 1.29 is 0 Å². The van der Waals surface area contributed by atoms with E-state index >= 15 is 0 Å². The van der Waals surface area contributed by atoms with Crippen molar-refractivity contribution >= 4 is 31.6 Å². The van der Waals surface area contributed by atoms with Gasteiger partial charge >= 0.3 is 0 Å². The molecule has 0 saturated carbocycles. The number of nitrogens with two attached hydrogens (primary N) is 1. The predicted octanol–water partition coefficient (Wildman–Crippen LogP) is 1.91. The van der Waals surface area contributed by atoms with E-state index in [0.29, 0.717) is 0 Å². The fourth-order valence-corrected chi connectivity index (χ4v) is 2.05. The molecule has 6 heavy (non-hydrogen) atoms. The first-order valence-corrected chi connectivity index (χ1v) is 5.28. The van der Waals surface area contributed by atoms with E-state index in [9.17, 15) is 0 Å². The molecular formula is C2H7NS3. The molecule has 0 amide bonds. The molecule has 0 aliphatic heterocycles. The fraction of sp³-hybridized carbons (Fsp3) is 1.00. The minimum absolute atomic E-state index is 1.13. The van der Waals surface area contributed by atoms with Crippen LogP contribution in [0.4, 0.5) is 0 Å². The van der Waals surface area contributed by atoms with Crippen molar-refractivity contribution in [3.63, 3.8) is 0 Å². The van der Waals surface area contributed by atoms with E-state index in [1.807, 2.05) is 0 Å². The summed E-state index contributed by atoms with van der Waals surface area (Å²) in [5.41, 5.74) is 0. The molecule has 0 fully saturated rings. The molecule has 0 saturated heterocycles. The summed E-state index contributed by atoms with van der Waals surface area (Å²) in [6.07, 6.45) is 0. The van der Waals surface area contributed by atoms with Crippen LogP contribution in [0.5, 0.6) is 0 Å². The maximum Gasteiger partial charge on any atom is 0.00171 e. The minimum atomic E-state index is 1.13. The highest BCUT2D eigenvalue weighted by atomic mass is 33.5. The van der Waals surface area contributed by atoms with Crippen molar-refractivity contribution in [3.05, 3.63) is 0 Å². The summed E-state index contributed by atoms with van der Waals surface area (Å²) >= 11 is 0. The molecule has 0 heterocycles. The molecule has 0 aromatic carbocycles. The summed E-state index contributed by atoms with van der Waals surface area (Å²) < 4.78 is 0. The molecule has 38 valence electrons. The van der Waals surface area contributed by atoms with E-state index in [-0.39, 0.29) is 0 Å². The first-order valence-electron chi connectivity index (χ1n) is 1.56. The Morgan fingerprint density at radius 2 is 2.33 bits per heavy atom. The van der Waals surface area contributed by atoms with Gasteiger partial charge in [0.25, 0.3) is 0 Å². The van der Waals surface area contributed by atoms with Crippen LogP contribution in [0.2, 0.25) is 0 Å². The van der Waals surface area contributed by atoms with Crippen LogP contribution in [-0.2, 0) is 0 Å². The predicted molar refractivity (Wildman–Crippen MR) is 37.5 cm³/mol. The van der Waals surface area contributed by atoms with Crippen molar-refractivity contribution in [2.75, 3.05) is 5.75 Å². The summed E-state index contributed by atoms with van der Waals surface area (Å²) in [5, 5.41) is 5.07. The van der Waals surface area contributed by atoms with Crippen molar-refractivity contribution in [2.45, 2.75) is 6.92 Å². The fourth-order valence-electron chi connectivity index (χ4n) is 0.0759. The van der Waals surface area contributed by atoms with Crippen molar-refractivity contribution in [1.82, 2.24) is 0 Å². The number of rotatable bonds is 3. The van der Waals surface area contributed by atoms with Crippen LogP contribution in [0, 0.1) is 0 Å². The van der Waals surface area contributed by atoms with Gasteiger partial charge in [-0.2, -0.15) is 0 Å². The topological polar surface area (TPSA) is 26.0 Å². The van der Waals surface area contributed by atoms with Crippen LogP contribution < -0.4 is 5.14 Å². The van der Waals surface area contributed by atoms with Gasteiger partial charge in [-0.25, -0.2) is 0 Å². The van der Waals surface area contributed by atoms with Gasteiger partial charge in [0, 0.05) is 5.75 Å². The second-order valence-corrected chi connectivity index (χ2v) is 4.63. The molecule has 1 nitrogen and oxygen atoms in total. The van der Waals surface area contributed by atoms with E-state index in [4.69, 9.17) is 5.14 Å². The molecule has 0 aromatic heterocycles. The largest absolute Gasteiger partial charge is 0.268 e. The van der Waals surface area contributed by atoms with Crippen molar-refractivity contribution in [3.8, 4) is 0 Å². The molecule has 0 aliphatic rings. The molecule has 0 bridgehead atoms. The van der Waals surface area contributed by atoms with Gasteiger partial charge in [-0.3, -0.25) is 5.14 Å². The monoisotopic (exact) mass is 141 g/mol. The summed E-state index contributed by atoms with van der Waals surface area (Å²) in [6.45, 7) is 2.11. The van der Waals surface area contributed by atoms with Crippen LogP contribution in [0.3, 0.4) is 0 Å². The van der Waals surface area contributed by atoms with E-state index in [2.05, 4.69) is 6.92 Å². The molecule has 0 spiro atoms. The Morgan fingerprint density at radius 3 is 2.50 bits per heavy atom. The third-order valence-electron chi connectivity index (χ3n) is 0.205. The van der Waals surface area contributed by atoms with Crippen LogP contribution in [0.25, 0.3) is 0 Å². The van der Waals surface area contributed by atoms with Crippen LogP contribution in [0.1, 0.15) is 6.92 Å². The van der Waals surface area contributed by atoms with Crippen molar-refractivity contribution in [1.29, 1.82) is 0 Å².